The number of rotatable bonds is 6. The predicted molar refractivity (Wildman–Crippen MR) is 115 cm³/mol. The highest BCUT2D eigenvalue weighted by molar-refractivity contribution is 7.14. The first kappa shape index (κ1) is 19.3. The van der Waals surface area contributed by atoms with Crippen molar-refractivity contribution < 1.29 is 4.79 Å². The van der Waals surface area contributed by atoms with Crippen LogP contribution < -0.4 is 5.32 Å². The van der Waals surface area contributed by atoms with Crippen LogP contribution in [0, 0.1) is 0 Å². The van der Waals surface area contributed by atoms with Crippen LogP contribution in [0.1, 0.15) is 37.3 Å². The Morgan fingerprint density at radius 3 is 2.56 bits per heavy atom. The maximum absolute atomic E-state index is 12.1. The third-order valence-electron chi connectivity index (χ3n) is 4.42. The number of benzene rings is 2. The van der Waals surface area contributed by atoms with Crippen LogP contribution in [0.4, 0.5) is 5.13 Å². The van der Waals surface area contributed by atoms with E-state index in [4.69, 9.17) is 11.6 Å². The molecule has 3 nitrogen and oxygen atoms in total. The molecule has 0 aliphatic carbocycles. The minimum Gasteiger partial charge on any atom is -0.298 e. The number of hydrogen-bond acceptors (Lipinski definition) is 3. The highest BCUT2D eigenvalue weighted by atomic mass is 35.5. The summed E-state index contributed by atoms with van der Waals surface area (Å²) in [7, 11) is 0. The molecule has 0 aliphatic rings. The first-order chi connectivity index (χ1) is 13.0. The Hall–Kier alpha value is -2.43. The number of hydrogen-bond donors (Lipinski definition) is 1. The number of anilines is 1. The lowest BCUT2D eigenvalue weighted by Crippen LogP contribution is -2.07. The maximum Gasteiger partial charge on any atom is 0.250 e. The van der Waals surface area contributed by atoms with Gasteiger partial charge in [-0.15, -0.1) is 11.3 Å². The monoisotopic (exact) mass is 396 g/mol. The summed E-state index contributed by atoms with van der Waals surface area (Å²) in [5.41, 5.74) is 4.16. The van der Waals surface area contributed by atoms with Gasteiger partial charge in [-0.1, -0.05) is 61.8 Å². The molecule has 2 aromatic carbocycles. The van der Waals surface area contributed by atoms with Gasteiger partial charge in [0.05, 0.1) is 5.69 Å². The summed E-state index contributed by atoms with van der Waals surface area (Å²) < 4.78 is 0. The standard InChI is InChI=1S/C22H21ClN2OS/c1-3-15(2)17-7-9-18(10-8-17)20-14-27-22(24-20)25-21(26)13-6-16-4-11-19(23)12-5-16/h4-15H,3H2,1-2H3,(H,24,25,26)/b13-6+. The second kappa shape index (κ2) is 8.98. The summed E-state index contributed by atoms with van der Waals surface area (Å²) in [4.78, 5) is 16.6. The number of aromatic nitrogens is 1. The van der Waals surface area contributed by atoms with E-state index in [1.54, 1.807) is 18.2 Å². The van der Waals surface area contributed by atoms with Gasteiger partial charge in [0.2, 0.25) is 5.91 Å². The first-order valence-electron chi connectivity index (χ1n) is 8.85. The van der Waals surface area contributed by atoms with E-state index in [0.717, 1.165) is 23.2 Å². The molecule has 1 N–H and O–H groups in total. The normalized spacial score (nSPS) is 12.3. The van der Waals surface area contributed by atoms with Gasteiger partial charge < -0.3 is 0 Å². The van der Waals surface area contributed by atoms with Crippen LogP contribution in [0.5, 0.6) is 0 Å². The number of amides is 1. The van der Waals surface area contributed by atoms with E-state index >= 15 is 0 Å². The summed E-state index contributed by atoms with van der Waals surface area (Å²) in [6.07, 6.45) is 4.36. The number of carbonyl (C=O) groups is 1. The van der Waals surface area contributed by atoms with Gasteiger partial charge in [-0.25, -0.2) is 4.98 Å². The van der Waals surface area contributed by atoms with E-state index in [2.05, 4.69) is 48.4 Å². The van der Waals surface area contributed by atoms with Crippen molar-refractivity contribution in [1.82, 2.24) is 4.98 Å². The van der Waals surface area contributed by atoms with Gasteiger partial charge in [0.1, 0.15) is 0 Å². The largest absolute Gasteiger partial charge is 0.298 e. The molecular weight excluding hydrogens is 376 g/mol. The zero-order chi connectivity index (χ0) is 19.2. The number of halogens is 1. The zero-order valence-electron chi connectivity index (χ0n) is 15.3. The van der Waals surface area contributed by atoms with Crippen molar-refractivity contribution in [1.29, 1.82) is 0 Å². The third-order valence-corrected chi connectivity index (χ3v) is 5.43. The molecule has 0 saturated heterocycles. The lowest BCUT2D eigenvalue weighted by atomic mass is 9.97. The lowest BCUT2D eigenvalue weighted by Gasteiger charge is -2.08. The van der Waals surface area contributed by atoms with Crippen molar-refractivity contribution in [2.45, 2.75) is 26.2 Å². The molecular formula is C22H21ClN2OS. The number of nitrogens with zero attached hydrogens (tertiary/aromatic N) is 1. The Balaban J connectivity index is 1.63. The second-order valence-corrected chi connectivity index (χ2v) is 7.64. The molecule has 0 spiro atoms. The Morgan fingerprint density at radius 1 is 1.19 bits per heavy atom. The first-order valence-corrected chi connectivity index (χ1v) is 10.1. The minimum atomic E-state index is -0.210. The summed E-state index contributed by atoms with van der Waals surface area (Å²) in [5, 5.41) is 6.02. The average molecular weight is 397 g/mol. The van der Waals surface area contributed by atoms with Crippen molar-refractivity contribution in [3.8, 4) is 11.3 Å². The molecule has 0 bridgehead atoms. The molecule has 1 aromatic heterocycles. The molecule has 1 heterocycles. The van der Waals surface area contributed by atoms with Crippen LogP contribution in [-0.2, 0) is 4.79 Å². The van der Waals surface area contributed by atoms with Crippen LogP contribution in [0.25, 0.3) is 17.3 Å². The molecule has 0 fully saturated rings. The molecule has 0 radical (unpaired) electrons. The maximum atomic E-state index is 12.1. The van der Waals surface area contributed by atoms with E-state index in [-0.39, 0.29) is 5.91 Å². The van der Waals surface area contributed by atoms with Gasteiger partial charge in [0, 0.05) is 22.0 Å². The quantitative estimate of drug-likeness (QED) is 0.475. The van der Waals surface area contributed by atoms with Crippen molar-refractivity contribution in [3.63, 3.8) is 0 Å². The third kappa shape index (κ3) is 5.28. The highest BCUT2D eigenvalue weighted by Gasteiger charge is 2.08. The molecule has 27 heavy (non-hydrogen) atoms. The molecule has 3 aromatic rings. The van der Waals surface area contributed by atoms with Crippen LogP contribution in [0.2, 0.25) is 5.02 Å². The topological polar surface area (TPSA) is 42.0 Å². The predicted octanol–water partition coefficient (Wildman–Crippen LogP) is 6.63. The van der Waals surface area contributed by atoms with Crippen LogP contribution in [0.3, 0.4) is 0 Å². The van der Waals surface area contributed by atoms with E-state index in [1.807, 2.05) is 17.5 Å². The highest BCUT2D eigenvalue weighted by Crippen LogP contribution is 2.27. The smallest absolute Gasteiger partial charge is 0.250 e. The Labute approximate surface area is 168 Å². The van der Waals surface area contributed by atoms with Crippen molar-refractivity contribution in [2.75, 3.05) is 5.32 Å². The fourth-order valence-corrected chi connectivity index (χ4v) is 3.42. The molecule has 1 amide bonds. The average Bonchev–Trinajstić information content (AvgIpc) is 3.15. The molecule has 0 aliphatic heterocycles. The Kier molecular flexibility index (Phi) is 6.43. The summed E-state index contributed by atoms with van der Waals surface area (Å²) in [5.74, 6) is 0.342. The summed E-state index contributed by atoms with van der Waals surface area (Å²) in [6, 6.07) is 15.8. The van der Waals surface area contributed by atoms with Crippen molar-refractivity contribution in [3.05, 3.63) is 76.1 Å². The molecule has 3 rings (SSSR count). The van der Waals surface area contributed by atoms with Crippen LogP contribution >= 0.6 is 22.9 Å². The van der Waals surface area contributed by atoms with Crippen molar-refractivity contribution in [2.24, 2.45) is 0 Å². The van der Waals surface area contributed by atoms with E-state index in [0.29, 0.717) is 16.1 Å². The van der Waals surface area contributed by atoms with E-state index in [9.17, 15) is 4.79 Å². The van der Waals surface area contributed by atoms with Crippen LogP contribution in [-0.4, -0.2) is 10.9 Å². The zero-order valence-corrected chi connectivity index (χ0v) is 16.8. The van der Waals surface area contributed by atoms with Gasteiger partial charge in [0.15, 0.2) is 5.13 Å². The molecule has 1 atom stereocenters. The summed E-state index contributed by atoms with van der Waals surface area (Å²) in [6.45, 7) is 4.42. The minimum absolute atomic E-state index is 0.210. The fourth-order valence-electron chi connectivity index (χ4n) is 2.57. The number of thiazole rings is 1. The van der Waals surface area contributed by atoms with Gasteiger partial charge in [-0.2, -0.15) is 0 Å². The van der Waals surface area contributed by atoms with Gasteiger partial charge >= 0.3 is 0 Å². The fraction of sp³-hybridized carbons (Fsp3) is 0.182. The SMILES string of the molecule is CCC(C)c1ccc(-c2csc(NC(=O)/C=C/c3ccc(Cl)cc3)n2)cc1. The molecule has 0 saturated carbocycles. The van der Waals surface area contributed by atoms with Gasteiger partial charge in [0.25, 0.3) is 0 Å². The van der Waals surface area contributed by atoms with Crippen LogP contribution in [0.15, 0.2) is 60.0 Å². The van der Waals surface area contributed by atoms with Crippen molar-refractivity contribution >= 4 is 40.1 Å². The van der Waals surface area contributed by atoms with E-state index < -0.39 is 0 Å². The summed E-state index contributed by atoms with van der Waals surface area (Å²) >= 11 is 7.27. The molecule has 1 unspecified atom stereocenters. The van der Waals surface area contributed by atoms with Gasteiger partial charge in [-0.05, 0) is 41.7 Å². The Bertz CT molecular complexity index is 930. The Morgan fingerprint density at radius 2 is 1.89 bits per heavy atom. The van der Waals surface area contributed by atoms with E-state index in [1.165, 1.54) is 23.0 Å². The van der Waals surface area contributed by atoms with Gasteiger partial charge in [-0.3, -0.25) is 10.1 Å². The second-order valence-electron chi connectivity index (χ2n) is 6.34. The molecule has 5 heteroatoms. The number of carbonyl (C=O) groups excluding carboxylic acids is 1. The lowest BCUT2D eigenvalue weighted by molar-refractivity contribution is -0.111. The number of nitrogens with one attached hydrogen (secondary N) is 1. The molecule has 138 valence electrons.